The van der Waals surface area contributed by atoms with Gasteiger partial charge in [0.25, 0.3) is 0 Å². The normalized spacial score (nSPS) is 15.1. The minimum absolute atomic E-state index is 0.114. The molecule has 4 unspecified atom stereocenters. The number of terminal acetylenes is 2. The summed E-state index contributed by atoms with van der Waals surface area (Å²) in [7, 11) is 1.98. The first-order valence-corrected chi connectivity index (χ1v) is 16.8. The average Bonchev–Trinajstić information content (AvgIpc) is 3.74. The van der Waals surface area contributed by atoms with Crippen molar-refractivity contribution < 1.29 is 4.79 Å². The number of hydrogen-bond donors (Lipinski definition) is 1. The molecule has 236 valence electrons. The second-order valence-corrected chi connectivity index (χ2v) is 8.50. The molecule has 1 N–H and O–H groups in total. The fourth-order valence-electron chi connectivity index (χ4n) is 2.52. The van der Waals surface area contributed by atoms with Gasteiger partial charge in [0.05, 0.1) is 5.75 Å². The van der Waals surface area contributed by atoms with E-state index in [9.17, 15) is 4.79 Å². The number of carbonyl (C=O) groups is 1. The average molecular weight is 570 g/mol. The Morgan fingerprint density at radius 1 is 1.00 bits per heavy atom. The van der Waals surface area contributed by atoms with Gasteiger partial charge in [-0.3, -0.25) is 4.79 Å². The molecule has 1 aliphatic carbocycles. The first-order chi connectivity index (χ1) is 18.7. The molecule has 1 rings (SSSR count). The van der Waals surface area contributed by atoms with Gasteiger partial charge in [-0.05, 0) is 70.1 Å². The Balaban J connectivity index is -0.0000000511. The number of ketones is 1. The summed E-state index contributed by atoms with van der Waals surface area (Å²) < 4.78 is 0. The highest BCUT2D eigenvalue weighted by molar-refractivity contribution is 7.99. The van der Waals surface area contributed by atoms with E-state index in [-0.39, 0.29) is 5.78 Å². The molecule has 0 aromatic rings. The van der Waals surface area contributed by atoms with Crippen LogP contribution in [0.5, 0.6) is 0 Å². The molecule has 0 heterocycles. The minimum atomic E-state index is -0.114. The summed E-state index contributed by atoms with van der Waals surface area (Å²) in [5.74, 6) is 7.96. The lowest BCUT2D eigenvalue weighted by molar-refractivity contribution is -0.111. The quantitative estimate of drug-likeness (QED) is 0.179. The smallest absolute Gasteiger partial charge is 0.215 e. The van der Waals surface area contributed by atoms with E-state index in [1.54, 1.807) is 24.3 Å². The van der Waals surface area contributed by atoms with Crippen LogP contribution in [0.15, 0.2) is 24.3 Å². The SMILES string of the molecule is C#CC.C#CC(=O)CSCC.C=CC(C)C1/C(=C\C)C1CC.CC.CC.CC.CC.CCC.CCC(C)NC. The van der Waals surface area contributed by atoms with E-state index in [1.807, 2.05) is 75.3 Å². The molecular formula is C36H75NOS. The maximum Gasteiger partial charge on any atom is 0.215 e. The summed E-state index contributed by atoms with van der Waals surface area (Å²) >= 11 is 1.55. The largest absolute Gasteiger partial charge is 0.317 e. The number of rotatable bonds is 8. The van der Waals surface area contributed by atoms with Crippen molar-refractivity contribution in [1.82, 2.24) is 5.32 Å². The third-order valence-electron chi connectivity index (χ3n) is 4.55. The Hall–Kier alpha value is -1.42. The summed E-state index contributed by atoms with van der Waals surface area (Å²) in [6.07, 6.45) is 17.5. The van der Waals surface area contributed by atoms with Gasteiger partial charge in [-0.2, -0.15) is 11.8 Å². The molecule has 0 bridgehead atoms. The molecule has 0 aromatic carbocycles. The van der Waals surface area contributed by atoms with Crippen LogP contribution in [0.1, 0.15) is 137 Å². The van der Waals surface area contributed by atoms with Gasteiger partial charge in [0.15, 0.2) is 0 Å². The molecule has 0 radical (unpaired) electrons. The van der Waals surface area contributed by atoms with E-state index in [0.717, 1.165) is 17.6 Å². The van der Waals surface area contributed by atoms with E-state index in [1.165, 1.54) is 19.3 Å². The van der Waals surface area contributed by atoms with E-state index in [2.05, 4.69) is 84.9 Å². The molecule has 39 heavy (non-hydrogen) atoms. The van der Waals surface area contributed by atoms with Crippen LogP contribution >= 0.6 is 11.8 Å². The second-order valence-electron chi connectivity index (χ2n) is 7.22. The summed E-state index contributed by atoms with van der Waals surface area (Å²) in [6, 6.07) is 0.685. The Labute approximate surface area is 255 Å². The second kappa shape index (κ2) is 60.9. The molecule has 2 nitrogen and oxygen atoms in total. The highest BCUT2D eigenvalue weighted by Crippen LogP contribution is 2.52. The monoisotopic (exact) mass is 570 g/mol. The van der Waals surface area contributed by atoms with E-state index in [4.69, 9.17) is 6.42 Å². The summed E-state index contributed by atoms with van der Waals surface area (Å²) in [5, 5.41) is 3.11. The Morgan fingerprint density at radius 3 is 1.54 bits per heavy atom. The zero-order valence-electron chi connectivity index (χ0n) is 30.2. The molecule has 0 amide bonds. The number of hydrogen-bond acceptors (Lipinski definition) is 3. The van der Waals surface area contributed by atoms with Crippen molar-refractivity contribution in [3.8, 4) is 24.7 Å². The summed E-state index contributed by atoms with van der Waals surface area (Å²) in [6.45, 7) is 38.7. The zero-order valence-corrected chi connectivity index (χ0v) is 31.0. The standard InChI is InChI=1S/C11H18.C6H8OS.C5H13N.C3H8.C3H4.4C2H6/c1-5-8(4)11-9(6-2)10(11)7-3;1-3-6(7)5-8-4-2;1-4-5(2)6-3;2*1-3-2;4*1-2/h5-6,8,10-11H,1,7H2,2-4H3;1H,4-5H2,2H3;5-6H,4H2,1-3H3;3H2,1-2H3;1H,2H3;4*1-2H3/b9-6-;;;;;;;;. The maximum atomic E-state index is 10.3. The van der Waals surface area contributed by atoms with Crippen molar-refractivity contribution >= 4 is 17.5 Å². The predicted molar refractivity (Wildman–Crippen MR) is 192 cm³/mol. The third-order valence-corrected chi connectivity index (χ3v) is 5.43. The molecule has 0 spiro atoms. The lowest BCUT2D eigenvalue weighted by Crippen LogP contribution is -2.19. The molecule has 4 atom stereocenters. The number of allylic oxidation sites excluding steroid dienone is 3. The molecule has 1 aliphatic rings. The molecule has 3 heteroatoms. The van der Waals surface area contributed by atoms with E-state index < -0.39 is 0 Å². The van der Waals surface area contributed by atoms with Crippen LogP contribution in [0.25, 0.3) is 0 Å². The van der Waals surface area contributed by atoms with E-state index >= 15 is 0 Å². The minimum Gasteiger partial charge on any atom is -0.317 e. The first-order valence-electron chi connectivity index (χ1n) is 15.6. The Bertz CT molecular complexity index is 521. The molecule has 0 aromatic heterocycles. The van der Waals surface area contributed by atoms with Crippen molar-refractivity contribution in [2.45, 2.75) is 143 Å². The fourth-order valence-corrected chi connectivity index (χ4v) is 2.99. The van der Waals surface area contributed by atoms with Gasteiger partial charge in [0.1, 0.15) is 0 Å². The van der Waals surface area contributed by atoms with Gasteiger partial charge in [-0.25, -0.2) is 0 Å². The number of Topliss-reactive ketones (excluding diaryl/α,β-unsaturated/α-hetero) is 1. The summed E-state index contributed by atoms with van der Waals surface area (Å²) in [5.41, 5.74) is 1.65. The van der Waals surface area contributed by atoms with Gasteiger partial charge in [-0.15, -0.1) is 25.3 Å². The lowest BCUT2D eigenvalue weighted by Gasteiger charge is -2.02. The Kier molecular flexibility index (Phi) is 89.7. The predicted octanol–water partition coefficient (Wildman–Crippen LogP) is 11.5. The van der Waals surface area contributed by atoms with Gasteiger partial charge < -0.3 is 5.32 Å². The van der Waals surface area contributed by atoms with Crippen LogP contribution in [0.4, 0.5) is 0 Å². The maximum absolute atomic E-state index is 10.3. The number of thioether (sulfide) groups is 1. The van der Waals surface area contributed by atoms with Crippen LogP contribution < -0.4 is 5.32 Å². The van der Waals surface area contributed by atoms with Gasteiger partial charge in [-0.1, -0.05) is 121 Å². The van der Waals surface area contributed by atoms with Crippen LogP contribution in [-0.4, -0.2) is 30.4 Å². The van der Waals surface area contributed by atoms with Crippen LogP contribution in [0.3, 0.4) is 0 Å². The van der Waals surface area contributed by atoms with Crippen molar-refractivity contribution in [3.63, 3.8) is 0 Å². The highest BCUT2D eigenvalue weighted by atomic mass is 32.2. The van der Waals surface area contributed by atoms with Crippen molar-refractivity contribution in [1.29, 1.82) is 0 Å². The van der Waals surface area contributed by atoms with Crippen LogP contribution in [0.2, 0.25) is 0 Å². The van der Waals surface area contributed by atoms with Gasteiger partial charge in [0, 0.05) is 6.04 Å². The van der Waals surface area contributed by atoms with Crippen LogP contribution in [-0.2, 0) is 4.79 Å². The molecule has 0 saturated heterocycles. The van der Waals surface area contributed by atoms with Crippen molar-refractivity contribution in [2.75, 3.05) is 18.6 Å². The number of nitrogens with one attached hydrogen (secondary N) is 1. The number of carbonyl (C=O) groups excluding carboxylic acids is 1. The third kappa shape index (κ3) is 53.6. The van der Waals surface area contributed by atoms with Crippen LogP contribution in [0, 0.1) is 42.4 Å². The molecule has 1 fully saturated rings. The lowest BCUT2D eigenvalue weighted by atomic mass is 10.0. The summed E-state index contributed by atoms with van der Waals surface area (Å²) in [4.78, 5) is 10.3. The molecule has 0 aliphatic heterocycles. The fraction of sp³-hybridized carbons (Fsp3) is 0.750. The van der Waals surface area contributed by atoms with Gasteiger partial charge >= 0.3 is 0 Å². The Morgan fingerprint density at radius 2 is 1.38 bits per heavy atom. The molecular weight excluding hydrogens is 494 g/mol. The topological polar surface area (TPSA) is 29.1 Å². The highest BCUT2D eigenvalue weighted by Gasteiger charge is 2.43. The van der Waals surface area contributed by atoms with Gasteiger partial charge in [0.2, 0.25) is 5.78 Å². The zero-order chi connectivity index (χ0) is 33.2. The first kappa shape index (κ1) is 57.5. The van der Waals surface area contributed by atoms with E-state index in [0.29, 0.717) is 17.7 Å². The van der Waals surface area contributed by atoms with Crippen molar-refractivity contribution in [2.24, 2.45) is 17.8 Å². The molecule has 1 saturated carbocycles. The van der Waals surface area contributed by atoms with Crippen molar-refractivity contribution in [3.05, 3.63) is 24.3 Å².